The van der Waals surface area contributed by atoms with Crippen molar-refractivity contribution in [2.24, 2.45) is 5.73 Å². The average Bonchev–Trinajstić information content (AvgIpc) is 2.45. The van der Waals surface area contributed by atoms with Gasteiger partial charge in [-0.15, -0.1) is 12.4 Å². The number of hydrogen-bond acceptors (Lipinski definition) is 3. The van der Waals surface area contributed by atoms with E-state index in [0.29, 0.717) is 0 Å². The largest absolute Gasteiger partial charge is 0.457 e. The lowest BCUT2D eigenvalue weighted by Crippen LogP contribution is -2.41. The van der Waals surface area contributed by atoms with Gasteiger partial charge in [0.25, 0.3) is 0 Å². The normalized spacial score (nSPS) is 27.8. The van der Waals surface area contributed by atoms with Gasteiger partial charge in [0, 0.05) is 5.54 Å². The smallest absolute Gasteiger partial charge is 0.403 e. The first-order valence-electron chi connectivity index (χ1n) is 7.89. The molecule has 0 aromatic rings. The minimum Gasteiger partial charge on any atom is -0.403 e. The Kier molecular flexibility index (Phi) is 5.99. The summed E-state index contributed by atoms with van der Waals surface area (Å²) in [6, 6.07) is 0. The molecule has 2 rings (SSSR count). The molecule has 3 nitrogen and oxygen atoms in total. The fourth-order valence-electron chi connectivity index (χ4n) is 3.17. The number of rotatable bonds is 3. The van der Waals surface area contributed by atoms with E-state index in [1.165, 1.54) is 25.7 Å². The van der Waals surface area contributed by atoms with Gasteiger partial charge in [-0.05, 0) is 53.3 Å². The molecule has 2 aliphatic rings. The van der Waals surface area contributed by atoms with E-state index in [9.17, 15) is 0 Å². The monoisotopic (exact) mass is 303 g/mol. The molecule has 0 unspecified atom stereocenters. The van der Waals surface area contributed by atoms with Crippen LogP contribution >= 0.6 is 12.4 Å². The van der Waals surface area contributed by atoms with Crippen LogP contribution in [0.4, 0.5) is 0 Å². The first-order valence-corrected chi connectivity index (χ1v) is 7.89. The summed E-state index contributed by atoms with van der Waals surface area (Å²) in [5.41, 5.74) is 6.14. The molecule has 118 valence electrons. The van der Waals surface area contributed by atoms with Gasteiger partial charge in [0.2, 0.25) is 0 Å². The van der Waals surface area contributed by atoms with Gasteiger partial charge in [-0.1, -0.05) is 25.7 Å². The number of hydrogen-bond donors (Lipinski definition) is 1. The molecule has 20 heavy (non-hydrogen) atoms. The van der Waals surface area contributed by atoms with Crippen LogP contribution in [0.25, 0.3) is 0 Å². The van der Waals surface area contributed by atoms with Crippen molar-refractivity contribution in [2.75, 3.05) is 0 Å². The summed E-state index contributed by atoms with van der Waals surface area (Å²) in [5.74, 6) is 0. The highest BCUT2D eigenvalue weighted by Crippen LogP contribution is 2.39. The third kappa shape index (κ3) is 4.13. The van der Waals surface area contributed by atoms with Crippen LogP contribution in [0.15, 0.2) is 0 Å². The van der Waals surface area contributed by atoms with Gasteiger partial charge >= 0.3 is 7.12 Å². The van der Waals surface area contributed by atoms with Crippen molar-refractivity contribution < 1.29 is 9.31 Å². The fourth-order valence-corrected chi connectivity index (χ4v) is 3.17. The third-order valence-electron chi connectivity index (χ3n) is 5.28. The Morgan fingerprint density at radius 2 is 1.35 bits per heavy atom. The van der Waals surface area contributed by atoms with Gasteiger partial charge in [-0.25, -0.2) is 0 Å². The predicted octanol–water partition coefficient (Wildman–Crippen LogP) is 3.94. The second-order valence-electron chi connectivity index (χ2n) is 7.50. The van der Waals surface area contributed by atoms with E-state index in [1.807, 2.05) is 0 Å². The van der Waals surface area contributed by atoms with E-state index in [1.54, 1.807) is 0 Å². The average molecular weight is 304 g/mol. The van der Waals surface area contributed by atoms with Crippen molar-refractivity contribution in [2.45, 2.75) is 95.7 Å². The van der Waals surface area contributed by atoms with Crippen molar-refractivity contribution in [1.29, 1.82) is 0 Å². The Labute approximate surface area is 130 Å². The third-order valence-corrected chi connectivity index (χ3v) is 5.28. The molecule has 1 aliphatic carbocycles. The zero-order chi connectivity index (χ0) is 14.1. The molecule has 0 amide bonds. The highest BCUT2D eigenvalue weighted by Gasteiger charge is 2.51. The quantitative estimate of drug-likeness (QED) is 0.634. The molecule has 5 heteroatoms. The molecule has 2 fully saturated rings. The van der Waals surface area contributed by atoms with E-state index in [0.717, 1.165) is 25.6 Å². The van der Waals surface area contributed by atoms with Gasteiger partial charge in [0.1, 0.15) is 0 Å². The molecule has 1 saturated carbocycles. The van der Waals surface area contributed by atoms with Gasteiger partial charge in [-0.3, -0.25) is 0 Å². The SMILES string of the molecule is CC1(C)OB(CCC2(N)CCCCCC2)OC1(C)C.Cl. The highest BCUT2D eigenvalue weighted by molar-refractivity contribution is 6.45. The zero-order valence-electron chi connectivity index (χ0n) is 13.5. The van der Waals surface area contributed by atoms with Crippen LogP contribution in [0.3, 0.4) is 0 Å². The minimum absolute atomic E-state index is 0. The predicted molar refractivity (Wildman–Crippen MR) is 87.4 cm³/mol. The summed E-state index contributed by atoms with van der Waals surface area (Å²) in [7, 11) is -0.0892. The second-order valence-corrected chi connectivity index (χ2v) is 7.50. The van der Waals surface area contributed by atoms with Crippen LogP contribution in [0.5, 0.6) is 0 Å². The Morgan fingerprint density at radius 3 is 1.80 bits per heavy atom. The van der Waals surface area contributed by atoms with Crippen LogP contribution in [0.2, 0.25) is 6.32 Å². The van der Waals surface area contributed by atoms with Crippen LogP contribution < -0.4 is 5.73 Å². The molecule has 1 saturated heterocycles. The van der Waals surface area contributed by atoms with Gasteiger partial charge < -0.3 is 15.0 Å². The number of halogens is 1. The van der Waals surface area contributed by atoms with Crippen molar-refractivity contribution in [1.82, 2.24) is 0 Å². The Bertz CT molecular complexity index is 299. The van der Waals surface area contributed by atoms with E-state index in [4.69, 9.17) is 15.0 Å². The number of nitrogens with two attached hydrogens (primary N) is 1. The minimum atomic E-state index is -0.219. The molecule has 1 heterocycles. The summed E-state index contributed by atoms with van der Waals surface area (Å²) in [4.78, 5) is 0. The van der Waals surface area contributed by atoms with E-state index in [-0.39, 0.29) is 36.3 Å². The Balaban J connectivity index is 0.00000200. The molecule has 0 atom stereocenters. The molecule has 2 N–H and O–H groups in total. The maximum atomic E-state index is 6.56. The van der Waals surface area contributed by atoms with Crippen molar-refractivity contribution >= 4 is 19.5 Å². The summed E-state index contributed by atoms with van der Waals surface area (Å²) < 4.78 is 12.1. The van der Waals surface area contributed by atoms with Crippen LogP contribution in [0, 0.1) is 0 Å². The molecule has 1 aliphatic heterocycles. The maximum Gasteiger partial charge on any atom is 0.457 e. The van der Waals surface area contributed by atoms with Crippen LogP contribution in [-0.2, 0) is 9.31 Å². The molecule has 0 aromatic carbocycles. The van der Waals surface area contributed by atoms with Crippen LogP contribution in [0.1, 0.15) is 72.6 Å². The van der Waals surface area contributed by atoms with E-state index in [2.05, 4.69) is 27.7 Å². The summed E-state index contributed by atoms with van der Waals surface area (Å²) in [6.45, 7) is 8.43. The first-order chi connectivity index (χ1) is 8.74. The van der Waals surface area contributed by atoms with E-state index < -0.39 is 0 Å². The summed E-state index contributed by atoms with van der Waals surface area (Å²) in [6.07, 6.45) is 9.50. The fraction of sp³-hybridized carbons (Fsp3) is 1.00. The molecule has 0 spiro atoms. The first kappa shape index (κ1) is 18.3. The van der Waals surface area contributed by atoms with Gasteiger partial charge in [0.05, 0.1) is 11.2 Å². The maximum absolute atomic E-state index is 6.56. The molecular formula is C15H31BClNO2. The van der Waals surface area contributed by atoms with Gasteiger partial charge in [0.15, 0.2) is 0 Å². The van der Waals surface area contributed by atoms with Crippen molar-refractivity contribution in [3.05, 3.63) is 0 Å². The molecule has 0 bridgehead atoms. The van der Waals surface area contributed by atoms with E-state index >= 15 is 0 Å². The van der Waals surface area contributed by atoms with Gasteiger partial charge in [-0.2, -0.15) is 0 Å². The Morgan fingerprint density at radius 1 is 0.900 bits per heavy atom. The molecule has 0 aromatic heterocycles. The molecule has 0 radical (unpaired) electrons. The van der Waals surface area contributed by atoms with Crippen LogP contribution in [-0.4, -0.2) is 23.9 Å². The topological polar surface area (TPSA) is 44.5 Å². The summed E-state index contributed by atoms with van der Waals surface area (Å²) in [5, 5.41) is 0. The lowest BCUT2D eigenvalue weighted by molar-refractivity contribution is 0.00578. The standard InChI is InChI=1S/C15H30BNO2.ClH/c1-13(2)14(3,4)19-16(18-13)12-11-15(17)9-7-5-6-8-10-15;/h5-12,17H2,1-4H3;1H. The van der Waals surface area contributed by atoms with Crippen molar-refractivity contribution in [3.8, 4) is 0 Å². The molecular weight excluding hydrogens is 272 g/mol. The van der Waals surface area contributed by atoms with Crippen molar-refractivity contribution in [3.63, 3.8) is 0 Å². The second kappa shape index (κ2) is 6.56. The Hall–Kier alpha value is 0.235. The zero-order valence-corrected chi connectivity index (χ0v) is 14.4. The lowest BCUT2D eigenvalue weighted by Gasteiger charge is -2.32. The summed E-state index contributed by atoms with van der Waals surface area (Å²) >= 11 is 0. The lowest BCUT2D eigenvalue weighted by atomic mass is 9.75. The highest BCUT2D eigenvalue weighted by atomic mass is 35.5.